The standard InChI is InChI=1S/C24H36O2/c1-19-9-8-11-20(10-5-7-13-23(2)15-16-23)21(19)12-4-3-6-14-24(17-18-24)22(25)26/h8-9,11H,3-7,10,12-18H2,1-2H3,(H,25,26). The minimum absolute atomic E-state index is 0.341. The number of benzene rings is 1. The lowest BCUT2D eigenvalue weighted by atomic mass is 9.91. The van der Waals surface area contributed by atoms with E-state index in [1.54, 1.807) is 11.1 Å². The number of aryl methyl sites for hydroxylation is 2. The Kier molecular flexibility index (Phi) is 6.10. The molecule has 0 aliphatic heterocycles. The maximum Gasteiger partial charge on any atom is 0.309 e. The summed E-state index contributed by atoms with van der Waals surface area (Å²) in [6.07, 6.45) is 15.4. The van der Waals surface area contributed by atoms with Crippen molar-refractivity contribution in [3.8, 4) is 0 Å². The highest BCUT2D eigenvalue weighted by Gasteiger charge is 2.49. The summed E-state index contributed by atoms with van der Waals surface area (Å²) in [5.41, 5.74) is 4.89. The summed E-state index contributed by atoms with van der Waals surface area (Å²) in [6.45, 7) is 4.68. The maximum atomic E-state index is 11.2. The summed E-state index contributed by atoms with van der Waals surface area (Å²) < 4.78 is 0. The number of rotatable bonds is 12. The van der Waals surface area contributed by atoms with Gasteiger partial charge < -0.3 is 5.11 Å². The molecule has 2 fully saturated rings. The molecule has 0 amide bonds. The van der Waals surface area contributed by atoms with Gasteiger partial charge in [0.05, 0.1) is 5.41 Å². The first-order chi connectivity index (χ1) is 12.4. The molecule has 2 heteroatoms. The van der Waals surface area contributed by atoms with Gasteiger partial charge in [0.15, 0.2) is 0 Å². The normalized spacial score (nSPS) is 19.3. The van der Waals surface area contributed by atoms with Crippen LogP contribution in [0.2, 0.25) is 0 Å². The van der Waals surface area contributed by atoms with Crippen LogP contribution in [0.5, 0.6) is 0 Å². The molecule has 0 unspecified atom stereocenters. The van der Waals surface area contributed by atoms with Crippen LogP contribution < -0.4 is 0 Å². The number of carbonyl (C=O) groups is 1. The van der Waals surface area contributed by atoms with Crippen LogP contribution in [0.25, 0.3) is 0 Å². The fourth-order valence-electron chi connectivity index (χ4n) is 4.35. The zero-order chi connectivity index (χ0) is 18.6. The molecule has 2 saturated carbocycles. The molecule has 1 aromatic rings. The Bertz CT molecular complexity index is 623. The van der Waals surface area contributed by atoms with Crippen molar-refractivity contribution in [2.45, 2.75) is 97.3 Å². The van der Waals surface area contributed by atoms with Crippen LogP contribution >= 0.6 is 0 Å². The molecule has 3 rings (SSSR count). The zero-order valence-corrected chi connectivity index (χ0v) is 16.8. The van der Waals surface area contributed by atoms with E-state index in [4.69, 9.17) is 0 Å². The van der Waals surface area contributed by atoms with Crippen molar-refractivity contribution in [2.24, 2.45) is 10.8 Å². The molecule has 2 aliphatic carbocycles. The highest BCUT2D eigenvalue weighted by atomic mass is 16.4. The fraction of sp³-hybridized carbons (Fsp3) is 0.708. The van der Waals surface area contributed by atoms with Gasteiger partial charge in [0.2, 0.25) is 0 Å². The molecule has 0 heterocycles. The van der Waals surface area contributed by atoms with Crippen molar-refractivity contribution < 1.29 is 9.90 Å². The molecule has 0 saturated heterocycles. The minimum Gasteiger partial charge on any atom is -0.481 e. The van der Waals surface area contributed by atoms with Crippen molar-refractivity contribution >= 4 is 5.97 Å². The fourth-order valence-corrected chi connectivity index (χ4v) is 4.35. The Balaban J connectivity index is 1.40. The summed E-state index contributed by atoms with van der Waals surface area (Å²) in [6, 6.07) is 6.78. The summed E-state index contributed by atoms with van der Waals surface area (Å²) in [5.74, 6) is -0.571. The van der Waals surface area contributed by atoms with Gasteiger partial charge >= 0.3 is 5.97 Å². The SMILES string of the molecule is Cc1cccc(CCCCC2(C)CC2)c1CCCCCC1(C(=O)O)CC1. The van der Waals surface area contributed by atoms with E-state index in [1.165, 1.54) is 50.5 Å². The van der Waals surface area contributed by atoms with Gasteiger partial charge in [0.1, 0.15) is 0 Å². The quantitative estimate of drug-likeness (QED) is 0.435. The van der Waals surface area contributed by atoms with E-state index in [9.17, 15) is 9.90 Å². The Labute approximate surface area is 159 Å². The third-order valence-corrected chi connectivity index (χ3v) is 6.98. The molecule has 144 valence electrons. The largest absolute Gasteiger partial charge is 0.481 e. The van der Waals surface area contributed by atoms with Crippen molar-refractivity contribution in [2.75, 3.05) is 0 Å². The highest BCUT2D eigenvalue weighted by Crippen LogP contribution is 2.50. The molecule has 0 radical (unpaired) electrons. The van der Waals surface area contributed by atoms with Gasteiger partial charge in [-0.1, -0.05) is 44.4 Å². The Morgan fingerprint density at radius 3 is 2.31 bits per heavy atom. The second kappa shape index (κ2) is 8.15. The summed E-state index contributed by atoms with van der Waals surface area (Å²) in [7, 11) is 0. The number of aliphatic carboxylic acids is 1. The van der Waals surface area contributed by atoms with Gasteiger partial charge in [0, 0.05) is 0 Å². The lowest BCUT2D eigenvalue weighted by Gasteiger charge is -2.14. The van der Waals surface area contributed by atoms with Crippen LogP contribution in [0.3, 0.4) is 0 Å². The van der Waals surface area contributed by atoms with Crippen molar-refractivity contribution in [3.05, 3.63) is 34.9 Å². The average Bonchev–Trinajstić information content (AvgIpc) is 3.51. The van der Waals surface area contributed by atoms with Crippen LogP contribution in [-0.2, 0) is 17.6 Å². The third kappa shape index (κ3) is 5.11. The monoisotopic (exact) mass is 356 g/mol. The second-order valence-electron chi connectivity index (χ2n) is 9.38. The molecular weight excluding hydrogens is 320 g/mol. The molecule has 2 aliphatic rings. The minimum atomic E-state index is -0.571. The molecular formula is C24H36O2. The van der Waals surface area contributed by atoms with Gasteiger partial charge in [-0.05, 0) is 93.2 Å². The lowest BCUT2D eigenvalue weighted by Crippen LogP contribution is -2.14. The van der Waals surface area contributed by atoms with Crippen molar-refractivity contribution in [1.29, 1.82) is 0 Å². The lowest BCUT2D eigenvalue weighted by molar-refractivity contribution is -0.143. The van der Waals surface area contributed by atoms with Crippen LogP contribution in [0.15, 0.2) is 18.2 Å². The molecule has 0 atom stereocenters. The van der Waals surface area contributed by atoms with E-state index in [2.05, 4.69) is 32.0 Å². The van der Waals surface area contributed by atoms with Gasteiger partial charge in [-0.15, -0.1) is 0 Å². The maximum absolute atomic E-state index is 11.2. The molecule has 0 bridgehead atoms. The van der Waals surface area contributed by atoms with Gasteiger partial charge in [0.25, 0.3) is 0 Å². The summed E-state index contributed by atoms with van der Waals surface area (Å²) >= 11 is 0. The molecule has 2 nitrogen and oxygen atoms in total. The zero-order valence-electron chi connectivity index (χ0n) is 16.8. The summed E-state index contributed by atoms with van der Waals surface area (Å²) in [5, 5.41) is 9.27. The van der Waals surface area contributed by atoms with Crippen molar-refractivity contribution in [3.63, 3.8) is 0 Å². The van der Waals surface area contributed by atoms with E-state index in [1.807, 2.05) is 0 Å². The molecule has 1 aromatic carbocycles. The van der Waals surface area contributed by atoms with Crippen LogP contribution in [-0.4, -0.2) is 11.1 Å². The number of hydrogen-bond donors (Lipinski definition) is 1. The molecule has 26 heavy (non-hydrogen) atoms. The van der Waals surface area contributed by atoms with Crippen LogP contribution in [0, 0.1) is 17.8 Å². The van der Waals surface area contributed by atoms with Gasteiger partial charge in [-0.3, -0.25) is 4.79 Å². The number of hydrogen-bond acceptors (Lipinski definition) is 1. The van der Waals surface area contributed by atoms with E-state index in [0.717, 1.165) is 38.5 Å². The van der Waals surface area contributed by atoms with E-state index in [-0.39, 0.29) is 5.41 Å². The third-order valence-electron chi connectivity index (χ3n) is 6.98. The van der Waals surface area contributed by atoms with E-state index in [0.29, 0.717) is 5.41 Å². The summed E-state index contributed by atoms with van der Waals surface area (Å²) in [4.78, 5) is 11.2. The first-order valence-electron chi connectivity index (χ1n) is 10.8. The average molecular weight is 357 g/mol. The van der Waals surface area contributed by atoms with Crippen molar-refractivity contribution in [1.82, 2.24) is 0 Å². The highest BCUT2D eigenvalue weighted by molar-refractivity contribution is 5.77. The predicted molar refractivity (Wildman–Crippen MR) is 108 cm³/mol. The first kappa shape index (κ1) is 19.5. The van der Waals surface area contributed by atoms with E-state index < -0.39 is 5.97 Å². The number of carboxylic acid groups (broad SMARTS) is 1. The topological polar surface area (TPSA) is 37.3 Å². The van der Waals surface area contributed by atoms with Crippen LogP contribution in [0.4, 0.5) is 0 Å². The molecule has 1 N–H and O–H groups in total. The van der Waals surface area contributed by atoms with E-state index >= 15 is 0 Å². The smallest absolute Gasteiger partial charge is 0.309 e. The Morgan fingerprint density at radius 1 is 0.962 bits per heavy atom. The number of unbranched alkanes of at least 4 members (excludes halogenated alkanes) is 3. The van der Waals surface area contributed by atoms with Gasteiger partial charge in [-0.25, -0.2) is 0 Å². The first-order valence-corrected chi connectivity index (χ1v) is 10.8. The number of carboxylic acids is 1. The molecule has 0 aromatic heterocycles. The van der Waals surface area contributed by atoms with Gasteiger partial charge in [-0.2, -0.15) is 0 Å². The van der Waals surface area contributed by atoms with Crippen LogP contribution in [0.1, 0.15) is 94.2 Å². The molecule has 0 spiro atoms. The Hall–Kier alpha value is -1.31. The second-order valence-corrected chi connectivity index (χ2v) is 9.38. The Morgan fingerprint density at radius 2 is 1.65 bits per heavy atom. The predicted octanol–water partition coefficient (Wildman–Crippen LogP) is 6.48.